The first-order valence-corrected chi connectivity index (χ1v) is 7.74. The molecule has 2 nitrogen and oxygen atoms in total. The van der Waals surface area contributed by atoms with Crippen molar-refractivity contribution < 1.29 is 9.50 Å². The minimum Gasteiger partial charge on any atom is -0.387 e. The fourth-order valence-electron chi connectivity index (χ4n) is 2.65. The van der Waals surface area contributed by atoms with Crippen LogP contribution in [0.1, 0.15) is 53.9 Å². The number of fused-ring (bicyclic) bond motifs is 1. The molecule has 1 N–H and O–H groups in total. The van der Waals surface area contributed by atoms with Gasteiger partial charge in [0.2, 0.25) is 0 Å². The number of aliphatic hydroxyl groups is 1. The highest BCUT2D eigenvalue weighted by Crippen LogP contribution is 2.40. The summed E-state index contributed by atoms with van der Waals surface area (Å²) >= 11 is 1.68. The molecule has 0 fully saturated rings. The standard InChI is InChI=1S/C16H18FNOS/c1-16(2,10-6-8-11(17)9-7-10)15-18-14-12(19)4-3-5-13(14)20-15/h6-9,12,19H,3-5H2,1-2H3. The third kappa shape index (κ3) is 2.27. The van der Waals surface area contributed by atoms with Crippen LogP contribution in [0.5, 0.6) is 0 Å². The van der Waals surface area contributed by atoms with E-state index < -0.39 is 6.10 Å². The topological polar surface area (TPSA) is 33.1 Å². The lowest BCUT2D eigenvalue weighted by atomic mass is 9.85. The first-order chi connectivity index (χ1) is 9.48. The maximum atomic E-state index is 13.1. The van der Waals surface area contributed by atoms with E-state index in [9.17, 15) is 9.50 Å². The van der Waals surface area contributed by atoms with Crippen molar-refractivity contribution in [3.8, 4) is 0 Å². The Morgan fingerprint density at radius 3 is 2.65 bits per heavy atom. The normalized spacial score (nSPS) is 18.9. The van der Waals surface area contributed by atoms with E-state index in [0.717, 1.165) is 35.5 Å². The number of thiazole rings is 1. The summed E-state index contributed by atoms with van der Waals surface area (Å²) in [6, 6.07) is 6.59. The lowest BCUT2D eigenvalue weighted by molar-refractivity contribution is 0.152. The number of halogens is 1. The van der Waals surface area contributed by atoms with Gasteiger partial charge in [-0.2, -0.15) is 0 Å². The van der Waals surface area contributed by atoms with Crippen molar-refractivity contribution in [2.75, 3.05) is 0 Å². The van der Waals surface area contributed by atoms with E-state index in [2.05, 4.69) is 18.8 Å². The van der Waals surface area contributed by atoms with E-state index in [1.165, 1.54) is 17.0 Å². The Morgan fingerprint density at radius 2 is 2.00 bits per heavy atom. The molecule has 1 atom stereocenters. The molecular weight excluding hydrogens is 273 g/mol. The van der Waals surface area contributed by atoms with Crippen molar-refractivity contribution in [3.63, 3.8) is 0 Å². The average Bonchev–Trinajstić information content (AvgIpc) is 2.85. The molecule has 1 heterocycles. The molecule has 0 saturated heterocycles. The number of aliphatic hydroxyl groups excluding tert-OH is 1. The second-order valence-corrected chi connectivity index (χ2v) is 6.95. The Hall–Kier alpha value is -1.26. The van der Waals surface area contributed by atoms with Gasteiger partial charge in [0.1, 0.15) is 10.8 Å². The summed E-state index contributed by atoms with van der Waals surface area (Å²) < 4.78 is 13.1. The zero-order valence-corrected chi connectivity index (χ0v) is 12.5. The number of aryl methyl sites for hydroxylation is 1. The largest absolute Gasteiger partial charge is 0.387 e. The van der Waals surface area contributed by atoms with Crippen LogP contribution >= 0.6 is 11.3 Å². The van der Waals surface area contributed by atoms with Gasteiger partial charge >= 0.3 is 0 Å². The molecule has 1 aliphatic carbocycles. The Bertz CT molecular complexity index is 618. The van der Waals surface area contributed by atoms with Crippen LogP contribution < -0.4 is 0 Å². The van der Waals surface area contributed by atoms with Gasteiger partial charge in [0.05, 0.1) is 11.8 Å². The summed E-state index contributed by atoms with van der Waals surface area (Å²) in [7, 11) is 0. The lowest BCUT2D eigenvalue weighted by Gasteiger charge is -2.22. The molecule has 3 rings (SSSR count). The molecule has 0 amide bonds. The van der Waals surface area contributed by atoms with Gasteiger partial charge in [-0.1, -0.05) is 12.1 Å². The summed E-state index contributed by atoms with van der Waals surface area (Å²) in [5.74, 6) is -0.224. The third-order valence-corrected chi connectivity index (χ3v) is 5.48. The van der Waals surface area contributed by atoms with Gasteiger partial charge in [-0.25, -0.2) is 9.37 Å². The zero-order valence-electron chi connectivity index (χ0n) is 11.7. The summed E-state index contributed by atoms with van der Waals surface area (Å²) in [6.07, 6.45) is 2.40. The van der Waals surface area contributed by atoms with Crippen molar-refractivity contribution in [2.45, 2.75) is 44.6 Å². The van der Waals surface area contributed by atoms with Crippen LogP contribution in [-0.4, -0.2) is 10.1 Å². The van der Waals surface area contributed by atoms with Gasteiger partial charge in [-0.05, 0) is 50.8 Å². The van der Waals surface area contributed by atoms with Gasteiger partial charge in [-0.3, -0.25) is 0 Å². The van der Waals surface area contributed by atoms with Crippen molar-refractivity contribution in [1.29, 1.82) is 0 Å². The van der Waals surface area contributed by atoms with E-state index in [-0.39, 0.29) is 11.2 Å². The Balaban J connectivity index is 2.01. The predicted octanol–water partition coefficient (Wildman–Crippen LogP) is 3.98. The molecule has 1 aromatic heterocycles. The van der Waals surface area contributed by atoms with Crippen molar-refractivity contribution in [2.24, 2.45) is 0 Å². The summed E-state index contributed by atoms with van der Waals surface area (Å²) in [6.45, 7) is 4.19. The molecule has 0 spiro atoms. The number of rotatable bonds is 2. The van der Waals surface area contributed by atoms with Crippen LogP contribution in [0.25, 0.3) is 0 Å². The van der Waals surface area contributed by atoms with E-state index in [1.807, 2.05) is 12.1 Å². The minimum atomic E-state index is -0.423. The number of hydrogen-bond acceptors (Lipinski definition) is 3. The van der Waals surface area contributed by atoms with Gasteiger partial charge in [-0.15, -0.1) is 11.3 Å². The second kappa shape index (κ2) is 4.93. The maximum Gasteiger partial charge on any atom is 0.123 e. The molecule has 0 saturated carbocycles. The van der Waals surface area contributed by atoms with E-state index in [4.69, 9.17) is 0 Å². The first kappa shape index (κ1) is 13.7. The van der Waals surface area contributed by atoms with Gasteiger partial charge in [0.15, 0.2) is 0 Å². The third-order valence-electron chi connectivity index (χ3n) is 4.03. The quantitative estimate of drug-likeness (QED) is 0.908. The summed E-state index contributed by atoms with van der Waals surface area (Å²) in [5, 5.41) is 11.0. The van der Waals surface area contributed by atoms with Gasteiger partial charge < -0.3 is 5.11 Å². The van der Waals surface area contributed by atoms with Crippen LogP contribution in [0.3, 0.4) is 0 Å². The van der Waals surface area contributed by atoms with Crippen LogP contribution in [0.4, 0.5) is 4.39 Å². The van der Waals surface area contributed by atoms with Gasteiger partial charge in [0, 0.05) is 10.3 Å². The average molecular weight is 291 g/mol. The minimum absolute atomic E-state index is 0.224. The van der Waals surface area contributed by atoms with Crippen LogP contribution in [0, 0.1) is 5.82 Å². The highest BCUT2D eigenvalue weighted by atomic mass is 32.1. The van der Waals surface area contributed by atoms with Crippen molar-refractivity contribution in [3.05, 3.63) is 51.2 Å². The van der Waals surface area contributed by atoms with Crippen molar-refractivity contribution >= 4 is 11.3 Å². The molecule has 1 aromatic carbocycles. The van der Waals surface area contributed by atoms with E-state index >= 15 is 0 Å². The molecule has 1 aliphatic rings. The fraction of sp³-hybridized carbons (Fsp3) is 0.438. The second-order valence-electron chi connectivity index (χ2n) is 5.87. The Morgan fingerprint density at radius 1 is 1.30 bits per heavy atom. The van der Waals surface area contributed by atoms with E-state index in [0.29, 0.717) is 0 Å². The number of hydrogen-bond donors (Lipinski definition) is 1. The van der Waals surface area contributed by atoms with Crippen LogP contribution in [0.2, 0.25) is 0 Å². The molecule has 4 heteroatoms. The number of benzene rings is 1. The molecular formula is C16H18FNOS. The molecule has 106 valence electrons. The molecule has 2 aromatic rings. The Labute approximate surface area is 122 Å². The molecule has 0 radical (unpaired) electrons. The lowest BCUT2D eigenvalue weighted by Crippen LogP contribution is -2.19. The monoisotopic (exact) mass is 291 g/mol. The number of aromatic nitrogens is 1. The Kier molecular flexibility index (Phi) is 3.38. The summed E-state index contributed by atoms with van der Waals surface area (Å²) in [5.41, 5.74) is 1.63. The molecule has 1 unspecified atom stereocenters. The molecule has 0 aliphatic heterocycles. The SMILES string of the molecule is CC(C)(c1ccc(F)cc1)c1nc2c(s1)CCCC2O. The summed E-state index contributed by atoms with van der Waals surface area (Å²) in [4.78, 5) is 5.88. The molecule has 0 bridgehead atoms. The van der Waals surface area contributed by atoms with Crippen molar-refractivity contribution in [1.82, 2.24) is 4.98 Å². The highest BCUT2D eigenvalue weighted by molar-refractivity contribution is 7.12. The van der Waals surface area contributed by atoms with Gasteiger partial charge in [0.25, 0.3) is 0 Å². The van der Waals surface area contributed by atoms with Crippen LogP contribution in [-0.2, 0) is 11.8 Å². The maximum absolute atomic E-state index is 13.1. The predicted molar refractivity (Wildman–Crippen MR) is 78.5 cm³/mol. The highest BCUT2D eigenvalue weighted by Gasteiger charge is 2.31. The van der Waals surface area contributed by atoms with E-state index in [1.54, 1.807) is 11.3 Å². The zero-order chi connectivity index (χ0) is 14.3. The molecule has 20 heavy (non-hydrogen) atoms. The number of nitrogens with zero attached hydrogens (tertiary/aromatic N) is 1. The first-order valence-electron chi connectivity index (χ1n) is 6.92. The fourth-order valence-corrected chi connectivity index (χ4v) is 3.94. The van der Waals surface area contributed by atoms with Crippen LogP contribution in [0.15, 0.2) is 24.3 Å². The smallest absolute Gasteiger partial charge is 0.123 e.